The molecule has 0 N–H and O–H groups in total. The van der Waals surface area contributed by atoms with Gasteiger partial charge in [-0.1, -0.05) is 13.2 Å². The van der Waals surface area contributed by atoms with Crippen LogP contribution in [0.2, 0.25) is 0 Å². The number of allylic oxidation sites excluding steroid dienone is 2. The Hall–Kier alpha value is -2.11. The summed E-state index contributed by atoms with van der Waals surface area (Å²) in [5.74, 6) is 0. The lowest BCUT2D eigenvalue weighted by Crippen LogP contribution is -2.52. The number of hydrogen-bond donors (Lipinski definition) is 0. The van der Waals surface area contributed by atoms with Crippen molar-refractivity contribution in [3.05, 3.63) is 44.6 Å². The molecular weight excluding hydrogens is 210 g/mol. The largest absolute Gasteiger partial charge is 0.345 e. The monoisotopic (exact) mass is 223 g/mol. The van der Waals surface area contributed by atoms with Crippen molar-refractivity contribution in [2.24, 2.45) is 7.05 Å². The molecular formula is C10H13N3O3. The zero-order chi connectivity index (χ0) is 12.6. The van der Waals surface area contributed by atoms with Crippen LogP contribution in [0, 0.1) is 0 Å². The Balaban J connectivity index is 4.05. The first-order valence-corrected chi connectivity index (χ1v) is 4.56. The SMILES string of the molecule is C=C(C)n1c(=O)n(C)c(=O)n(C(=C)C)c1=O. The van der Waals surface area contributed by atoms with Crippen LogP contribution in [0.3, 0.4) is 0 Å². The molecule has 1 aromatic heterocycles. The summed E-state index contributed by atoms with van der Waals surface area (Å²) < 4.78 is 2.50. The highest BCUT2D eigenvalue weighted by atomic mass is 16.2. The van der Waals surface area contributed by atoms with Crippen LogP contribution in [0.5, 0.6) is 0 Å². The summed E-state index contributed by atoms with van der Waals surface area (Å²) in [5.41, 5.74) is -1.66. The Labute approximate surface area is 91.4 Å². The van der Waals surface area contributed by atoms with Gasteiger partial charge in [-0.2, -0.15) is 0 Å². The molecule has 0 aliphatic heterocycles. The van der Waals surface area contributed by atoms with Gasteiger partial charge in [0, 0.05) is 18.4 Å². The topological polar surface area (TPSA) is 66.0 Å². The molecule has 0 radical (unpaired) electrons. The molecule has 0 fully saturated rings. The highest BCUT2D eigenvalue weighted by Crippen LogP contribution is 1.91. The molecule has 0 unspecified atom stereocenters. The Kier molecular flexibility index (Phi) is 2.84. The molecule has 1 rings (SSSR count). The van der Waals surface area contributed by atoms with E-state index in [1.54, 1.807) is 0 Å². The molecule has 0 saturated carbocycles. The fourth-order valence-corrected chi connectivity index (χ4v) is 1.30. The molecule has 1 heterocycles. The minimum atomic E-state index is -0.742. The van der Waals surface area contributed by atoms with Crippen LogP contribution in [0.1, 0.15) is 13.8 Å². The Morgan fingerprint density at radius 3 is 1.44 bits per heavy atom. The van der Waals surface area contributed by atoms with Crippen LogP contribution >= 0.6 is 0 Å². The van der Waals surface area contributed by atoms with Crippen LogP contribution in [0.15, 0.2) is 27.5 Å². The van der Waals surface area contributed by atoms with E-state index in [-0.39, 0.29) is 11.4 Å². The molecule has 1 aromatic rings. The van der Waals surface area contributed by atoms with Crippen molar-refractivity contribution in [2.75, 3.05) is 0 Å². The van der Waals surface area contributed by atoms with Crippen molar-refractivity contribution in [3.8, 4) is 0 Å². The second-order valence-corrected chi connectivity index (χ2v) is 3.55. The fraction of sp³-hybridized carbons (Fsp3) is 0.300. The maximum absolute atomic E-state index is 11.8. The molecule has 6 nitrogen and oxygen atoms in total. The van der Waals surface area contributed by atoms with Crippen molar-refractivity contribution in [1.29, 1.82) is 0 Å². The first-order valence-electron chi connectivity index (χ1n) is 4.56. The van der Waals surface area contributed by atoms with Gasteiger partial charge in [-0.05, 0) is 13.8 Å². The summed E-state index contributed by atoms with van der Waals surface area (Å²) in [6.07, 6.45) is 0. The van der Waals surface area contributed by atoms with Gasteiger partial charge in [0.05, 0.1) is 0 Å². The molecule has 0 aliphatic rings. The third kappa shape index (κ3) is 1.58. The molecule has 16 heavy (non-hydrogen) atoms. The van der Waals surface area contributed by atoms with Crippen LogP contribution in [-0.4, -0.2) is 13.7 Å². The molecule has 0 aliphatic carbocycles. The van der Waals surface area contributed by atoms with Gasteiger partial charge < -0.3 is 0 Å². The Morgan fingerprint density at radius 1 is 0.875 bits per heavy atom. The summed E-state index contributed by atoms with van der Waals surface area (Å²) in [7, 11) is 1.29. The zero-order valence-corrected chi connectivity index (χ0v) is 9.48. The summed E-state index contributed by atoms with van der Waals surface area (Å²) >= 11 is 0. The lowest BCUT2D eigenvalue weighted by molar-refractivity contribution is 0.626. The van der Waals surface area contributed by atoms with E-state index in [0.717, 1.165) is 13.7 Å². The maximum atomic E-state index is 11.8. The minimum absolute atomic E-state index is 0.251. The molecule has 0 atom stereocenters. The van der Waals surface area contributed by atoms with Crippen LogP contribution < -0.4 is 17.1 Å². The second kappa shape index (κ2) is 3.80. The molecule has 0 amide bonds. The van der Waals surface area contributed by atoms with Gasteiger partial charge in [0.25, 0.3) is 0 Å². The maximum Gasteiger partial charge on any atom is 0.345 e. The molecule has 0 bridgehead atoms. The normalized spacial score (nSPS) is 10.2. The van der Waals surface area contributed by atoms with Gasteiger partial charge in [0.2, 0.25) is 0 Å². The first kappa shape index (κ1) is 12.0. The molecule has 86 valence electrons. The highest BCUT2D eigenvalue weighted by molar-refractivity contribution is 5.40. The van der Waals surface area contributed by atoms with Gasteiger partial charge in [0.15, 0.2) is 0 Å². The van der Waals surface area contributed by atoms with Crippen LogP contribution in [0.4, 0.5) is 0 Å². The summed E-state index contributed by atoms with van der Waals surface area (Å²) in [6.45, 7) is 10.1. The van der Waals surface area contributed by atoms with E-state index in [0.29, 0.717) is 0 Å². The quantitative estimate of drug-likeness (QED) is 0.690. The van der Waals surface area contributed by atoms with Gasteiger partial charge >= 0.3 is 17.1 Å². The molecule has 0 spiro atoms. The average molecular weight is 223 g/mol. The van der Waals surface area contributed by atoms with E-state index < -0.39 is 17.1 Å². The van der Waals surface area contributed by atoms with Crippen molar-refractivity contribution in [2.45, 2.75) is 13.8 Å². The van der Waals surface area contributed by atoms with Crippen molar-refractivity contribution in [1.82, 2.24) is 13.7 Å². The van der Waals surface area contributed by atoms with Crippen molar-refractivity contribution in [3.63, 3.8) is 0 Å². The predicted octanol–water partition coefficient (Wildman–Crippen LogP) is -0.310. The van der Waals surface area contributed by atoms with E-state index in [9.17, 15) is 14.4 Å². The fourth-order valence-electron chi connectivity index (χ4n) is 1.30. The number of hydrogen-bond acceptors (Lipinski definition) is 3. The van der Waals surface area contributed by atoms with Crippen LogP contribution in [-0.2, 0) is 7.05 Å². The van der Waals surface area contributed by atoms with Gasteiger partial charge in [-0.15, -0.1) is 0 Å². The van der Waals surface area contributed by atoms with Gasteiger partial charge in [-0.25, -0.2) is 28.1 Å². The minimum Gasteiger partial charge on any atom is -0.247 e. The lowest BCUT2D eigenvalue weighted by atomic mass is 10.5. The smallest absolute Gasteiger partial charge is 0.247 e. The standard InChI is InChI=1S/C10H13N3O3/c1-6(2)12-8(14)11(5)9(15)13(7(3)4)10(12)16/h1,3H2,2,4-5H3. The highest BCUT2D eigenvalue weighted by Gasteiger charge is 2.13. The predicted molar refractivity (Wildman–Crippen MR) is 62.2 cm³/mol. The Morgan fingerprint density at radius 2 is 1.19 bits per heavy atom. The van der Waals surface area contributed by atoms with Gasteiger partial charge in [0.1, 0.15) is 0 Å². The second-order valence-electron chi connectivity index (χ2n) is 3.55. The Bertz CT molecular complexity index is 590. The zero-order valence-electron chi connectivity index (χ0n) is 9.48. The third-order valence-corrected chi connectivity index (χ3v) is 2.10. The molecule has 0 aromatic carbocycles. The lowest BCUT2D eigenvalue weighted by Gasteiger charge is -2.10. The van der Waals surface area contributed by atoms with Crippen molar-refractivity contribution < 1.29 is 0 Å². The first-order chi connectivity index (χ1) is 7.29. The van der Waals surface area contributed by atoms with Crippen LogP contribution in [0.25, 0.3) is 11.4 Å². The summed E-state index contributed by atoms with van der Waals surface area (Å²) in [4.78, 5) is 35.1. The summed E-state index contributed by atoms with van der Waals surface area (Å²) in [6, 6.07) is 0. The average Bonchev–Trinajstić information content (AvgIpc) is 2.13. The van der Waals surface area contributed by atoms with E-state index in [1.165, 1.54) is 20.9 Å². The molecule has 0 saturated heterocycles. The number of nitrogens with zero attached hydrogens (tertiary/aromatic N) is 3. The van der Waals surface area contributed by atoms with Crippen molar-refractivity contribution >= 4 is 11.4 Å². The number of aromatic nitrogens is 3. The van der Waals surface area contributed by atoms with E-state index in [4.69, 9.17) is 0 Å². The summed E-state index contributed by atoms with van der Waals surface area (Å²) in [5, 5.41) is 0. The third-order valence-electron chi connectivity index (χ3n) is 2.10. The van der Waals surface area contributed by atoms with Gasteiger partial charge in [-0.3, -0.25) is 0 Å². The molecule has 6 heteroatoms. The number of rotatable bonds is 2. The van der Waals surface area contributed by atoms with E-state index >= 15 is 0 Å². The van der Waals surface area contributed by atoms with E-state index in [2.05, 4.69) is 13.2 Å². The van der Waals surface area contributed by atoms with E-state index in [1.807, 2.05) is 0 Å².